The highest BCUT2D eigenvalue weighted by atomic mass is 16.3. The fraction of sp³-hybridized carbons (Fsp3) is 0.429. The first kappa shape index (κ1) is 19.6. The van der Waals surface area contributed by atoms with Crippen LogP contribution in [-0.4, -0.2) is 59.4 Å². The maximum absolute atomic E-state index is 9.32. The summed E-state index contributed by atoms with van der Waals surface area (Å²) in [6, 6.07) is 20.7. The smallest absolute Gasteiger partial charge is 0.0558 e. The van der Waals surface area contributed by atoms with Crippen LogP contribution in [-0.2, 0) is 13.1 Å². The predicted octanol–water partition coefficient (Wildman–Crippen LogP) is 2.37. The molecule has 2 aromatic rings. The molecule has 136 valence electrons. The Bertz CT molecular complexity index is 511. The predicted molar refractivity (Wildman–Crippen MR) is 102 cm³/mol. The van der Waals surface area contributed by atoms with Gasteiger partial charge in [0.05, 0.1) is 13.2 Å². The van der Waals surface area contributed by atoms with E-state index >= 15 is 0 Å². The van der Waals surface area contributed by atoms with Crippen LogP contribution in [0.1, 0.15) is 17.5 Å². The van der Waals surface area contributed by atoms with E-state index in [4.69, 9.17) is 0 Å². The Morgan fingerprint density at radius 2 is 0.960 bits per heavy atom. The van der Waals surface area contributed by atoms with E-state index in [1.54, 1.807) is 0 Å². The fourth-order valence-corrected chi connectivity index (χ4v) is 3.02. The molecule has 25 heavy (non-hydrogen) atoms. The zero-order valence-electron chi connectivity index (χ0n) is 14.9. The fourth-order valence-electron chi connectivity index (χ4n) is 3.02. The molecule has 0 saturated heterocycles. The minimum absolute atomic E-state index is 0.178. The molecule has 0 heterocycles. The maximum Gasteiger partial charge on any atom is 0.0558 e. The van der Waals surface area contributed by atoms with Crippen molar-refractivity contribution in [2.75, 3.05) is 39.4 Å². The van der Waals surface area contributed by atoms with Crippen LogP contribution in [0.3, 0.4) is 0 Å². The number of nitrogens with zero attached hydrogens (tertiary/aromatic N) is 2. The highest BCUT2D eigenvalue weighted by Gasteiger charge is 2.09. The van der Waals surface area contributed by atoms with Crippen molar-refractivity contribution in [3.8, 4) is 0 Å². The van der Waals surface area contributed by atoms with Crippen molar-refractivity contribution in [3.63, 3.8) is 0 Å². The Morgan fingerprint density at radius 3 is 1.32 bits per heavy atom. The molecule has 0 atom stereocenters. The SMILES string of the molecule is OCCN(CCCN(CCO)Cc1ccccc1)Cc1ccccc1. The Kier molecular flexibility index (Phi) is 9.23. The van der Waals surface area contributed by atoms with Gasteiger partial charge in [-0.2, -0.15) is 0 Å². The zero-order valence-corrected chi connectivity index (χ0v) is 14.9. The topological polar surface area (TPSA) is 46.9 Å². The van der Waals surface area contributed by atoms with Crippen molar-refractivity contribution in [1.29, 1.82) is 0 Å². The summed E-state index contributed by atoms with van der Waals surface area (Å²) in [5.41, 5.74) is 2.54. The first-order valence-electron chi connectivity index (χ1n) is 9.06. The Morgan fingerprint density at radius 1 is 0.560 bits per heavy atom. The van der Waals surface area contributed by atoms with E-state index in [0.29, 0.717) is 13.1 Å². The van der Waals surface area contributed by atoms with E-state index < -0.39 is 0 Å². The minimum Gasteiger partial charge on any atom is -0.395 e. The van der Waals surface area contributed by atoms with Gasteiger partial charge in [0, 0.05) is 26.2 Å². The summed E-state index contributed by atoms with van der Waals surface area (Å²) in [6.45, 7) is 5.33. The Hall–Kier alpha value is -1.72. The van der Waals surface area contributed by atoms with Gasteiger partial charge in [-0.05, 0) is 30.6 Å². The van der Waals surface area contributed by atoms with E-state index in [1.165, 1.54) is 11.1 Å². The molecule has 0 aromatic heterocycles. The van der Waals surface area contributed by atoms with Crippen molar-refractivity contribution < 1.29 is 10.2 Å². The third-order valence-electron chi connectivity index (χ3n) is 4.28. The largest absolute Gasteiger partial charge is 0.395 e. The van der Waals surface area contributed by atoms with Crippen LogP contribution < -0.4 is 0 Å². The van der Waals surface area contributed by atoms with Crippen LogP contribution in [0, 0.1) is 0 Å². The lowest BCUT2D eigenvalue weighted by Crippen LogP contribution is -2.32. The van der Waals surface area contributed by atoms with Gasteiger partial charge in [-0.3, -0.25) is 9.80 Å². The number of hydrogen-bond donors (Lipinski definition) is 2. The molecule has 0 fully saturated rings. The second kappa shape index (κ2) is 11.8. The molecule has 0 unspecified atom stereocenters. The Balaban J connectivity index is 1.81. The molecule has 4 nitrogen and oxygen atoms in total. The van der Waals surface area contributed by atoms with E-state index in [2.05, 4.69) is 58.3 Å². The second-order valence-electron chi connectivity index (χ2n) is 6.32. The molecule has 0 saturated carbocycles. The summed E-state index contributed by atoms with van der Waals surface area (Å²) in [7, 11) is 0. The third kappa shape index (κ3) is 7.80. The second-order valence-corrected chi connectivity index (χ2v) is 6.32. The van der Waals surface area contributed by atoms with Gasteiger partial charge >= 0.3 is 0 Å². The molecule has 0 aliphatic heterocycles. The highest BCUT2D eigenvalue weighted by Crippen LogP contribution is 2.07. The molecule has 0 aliphatic carbocycles. The average Bonchev–Trinajstić information content (AvgIpc) is 2.64. The molecule has 0 aliphatic rings. The maximum atomic E-state index is 9.32. The van der Waals surface area contributed by atoms with Gasteiger partial charge in [-0.15, -0.1) is 0 Å². The van der Waals surface area contributed by atoms with Gasteiger partial charge in [0.2, 0.25) is 0 Å². The molecule has 4 heteroatoms. The summed E-state index contributed by atoms with van der Waals surface area (Å²) in [4.78, 5) is 4.57. The first-order chi connectivity index (χ1) is 12.3. The molecule has 0 bridgehead atoms. The molecule has 0 amide bonds. The van der Waals surface area contributed by atoms with E-state index in [1.807, 2.05) is 12.1 Å². The van der Waals surface area contributed by atoms with E-state index in [9.17, 15) is 10.2 Å². The minimum atomic E-state index is 0.178. The average molecular weight is 342 g/mol. The number of rotatable bonds is 12. The first-order valence-corrected chi connectivity index (χ1v) is 9.06. The van der Waals surface area contributed by atoms with Gasteiger partial charge in [0.25, 0.3) is 0 Å². The van der Waals surface area contributed by atoms with E-state index in [0.717, 1.165) is 32.6 Å². The number of hydrogen-bond acceptors (Lipinski definition) is 4. The van der Waals surface area contributed by atoms with Crippen molar-refractivity contribution in [3.05, 3.63) is 71.8 Å². The van der Waals surface area contributed by atoms with Crippen molar-refractivity contribution in [2.45, 2.75) is 19.5 Å². The van der Waals surface area contributed by atoms with Gasteiger partial charge in [-0.1, -0.05) is 60.7 Å². The monoisotopic (exact) mass is 342 g/mol. The van der Waals surface area contributed by atoms with Crippen molar-refractivity contribution in [1.82, 2.24) is 9.80 Å². The molecule has 0 spiro atoms. The molecule has 0 radical (unpaired) electrons. The lowest BCUT2D eigenvalue weighted by molar-refractivity contribution is 0.162. The quantitative estimate of drug-likeness (QED) is 0.622. The highest BCUT2D eigenvalue weighted by molar-refractivity contribution is 5.15. The van der Waals surface area contributed by atoms with E-state index in [-0.39, 0.29) is 13.2 Å². The van der Waals surface area contributed by atoms with Crippen LogP contribution in [0.4, 0.5) is 0 Å². The lowest BCUT2D eigenvalue weighted by atomic mass is 10.2. The lowest BCUT2D eigenvalue weighted by Gasteiger charge is -2.25. The summed E-state index contributed by atoms with van der Waals surface area (Å²) < 4.78 is 0. The van der Waals surface area contributed by atoms with Crippen LogP contribution >= 0.6 is 0 Å². The summed E-state index contributed by atoms with van der Waals surface area (Å²) in [5.74, 6) is 0. The van der Waals surface area contributed by atoms with Crippen LogP contribution in [0.2, 0.25) is 0 Å². The number of aliphatic hydroxyl groups excluding tert-OH is 2. The van der Waals surface area contributed by atoms with Crippen LogP contribution in [0.15, 0.2) is 60.7 Å². The Labute approximate surface area is 151 Å². The summed E-state index contributed by atoms with van der Waals surface area (Å²) in [6.07, 6.45) is 1.01. The molecule has 2 rings (SSSR count). The molecule has 2 aromatic carbocycles. The van der Waals surface area contributed by atoms with Crippen molar-refractivity contribution >= 4 is 0 Å². The van der Waals surface area contributed by atoms with Crippen LogP contribution in [0.25, 0.3) is 0 Å². The normalized spacial score (nSPS) is 11.4. The summed E-state index contributed by atoms with van der Waals surface area (Å²) >= 11 is 0. The van der Waals surface area contributed by atoms with Gasteiger partial charge in [0.1, 0.15) is 0 Å². The zero-order chi connectivity index (χ0) is 17.7. The van der Waals surface area contributed by atoms with Gasteiger partial charge in [-0.25, -0.2) is 0 Å². The van der Waals surface area contributed by atoms with Gasteiger partial charge < -0.3 is 10.2 Å². The number of benzene rings is 2. The van der Waals surface area contributed by atoms with Crippen molar-refractivity contribution in [2.24, 2.45) is 0 Å². The third-order valence-corrected chi connectivity index (χ3v) is 4.28. The summed E-state index contributed by atoms with van der Waals surface area (Å²) in [5, 5.41) is 18.6. The van der Waals surface area contributed by atoms with Gasteiger partial charge in [0.15, 0.2) is 0 Å². The molecule has 2 N–H and O–H groups in total. The number of aliphatic hydroxyl groups is 2. The molecular weight excluding hydrogens is 312 g/mol. The standard InChI is InChI=1S/C21H30N2O2/c24-16-14-22(18-20-8-3-1-4-9-20)12-7-13-23(15-17-25)19-21-10-5-2-6-11-21/h1-6,8-11,24-25H,7,12-19H2. The molecular formula is C21H30N2O2. The van der Waals surface area contributed by atoms with Crippen LogP contribution in [0.5, 0.6) is 0 Å².